The van der Waals surface area contributed by atoms with Crippen molar-refractivity contribution in [1.82, 2.24) is 15.3 Å². The molecule has 0 bridgehead atoms. The Kier molecular flexibility index (Phi) is 2.98. The first-order valence-electron chi connectivity index (χ1n) is 6.64. The van der Waals surface area contributed by atoms with Crippen molar-refractivity contribution in [2.45, 2.75) is 19.8 Å². The van der Waals surface area contributed by atoms with E-state index in [1.807, 2.05) is 31.2 Å². The summed E-state index contributed by atoms with van der Waals surface area (Å²) in [5, 5.41) is 6.18. The molecular formula is C14H18N4O. The first-order valence-corrected chi connectivity index (χ1v) is 6.64. The average molecular weight is 258 g/mol. The summed E-state index contributed by atoms with van der Waals surface area (Å²) >= 11 is 0. The number of carbonyl (C=O) groups excluding carboxylic acids is 1. The van der Waals surface area contributed by atoms with Gasteiger partial charge in [0, 0.05) is 5.41 Å². The molecule has 5 heteroatoms. The number of fused-ring (bicyclic) bond motifs is 1. The minimum atomic E-state index is -0.301. The zero-order valence-corrected chi connectivity index (χ0v) is 11.0. The van der Waals surface area contributed by atoms with E-state index in [0.717, 1.165) is 37.0 Å². The Morgan fingerprint density at radius 3 is 2.79 bits per heavy atom. The fraction of sp³-hybridized carbons (Fsp3) is 0.429. The van der Waals surface area contributed by atoms with Crippen LogP contribution in [0.5, 0.6) is 0 Å². The minimum Gasteiger partial charge on any atom is -0.324 e. The van der Waals surface area contributed by atoms with Crippen LogP contribution in [0.15, 0.2) is 24.3 Å². The molecule has 0 atom stereocenters. The molecule has 100 valence electrons. The average Bonchev–Trinajstić information content (AvgIpc) is 2.81. The third kappa shape index (κ3) is 2.33. The van der Waals surface area contributed by atoms with E-state index in [1.54, 1.807) is 0 Å². The van der Waals surface area contributed by atoms with E-state index < -0.39 is 0 Å². The molecule has 5 nitrogen and oxygen atoms in total. The lowest BCUT2D eigenvalue weighted by Crippen LogP contribution is -2.43. The number of benzene rings is 1. The lowest BCUT2D eigenvalue weighted by atomic mass is 9.80. The molecular weight excluding hydrogens is 240 g/mol. The molecule has 1 aromatic heterocycles. The number of hydrogen-bond donors (Lipinski definition) is 3. The molecule has 1 aliphatic rings. The highest BCUT2D eigenvalue weighted by Crippen LogP contribution is 2.29. The second-order valence-corrected chi connectivity index (χ2v) is 5.37. The number of aromatic amines is 1. The van der Waals surface area contributed by atoms with Gasteiger partial charge in [0.1, 0.15) is 0 Å². The number of para-hydroxylation sites is 2. The van der Waals surface area contributed by atoms with Crippen LogP contribution in [0.1, 0.15) is 19.8 Å². The number of piperidine rings is 1. The lowest BCUT2D eigenvalue weighted by molar-refractivity contribution is -0.126. The number of imidazole rings is 1. The highest BCUT2D eigenvalue weighted by Gasteiger charge is 2.34. The molecule has 1 amide bonds. The van der Waals surface area contributed by atoms with Crippen molar-refractivity contribution in [2.75, 3.05) is 18.4 Å². The van der Waals surface area contributed by atoms with E-state index in [0.29, 0.717) is 5.95 Å². The number of rotatable bonds is 2. The molecule has 0 saturated carbocycles. The zero-order chi connectivity index (χ0) is 13.3. The number of nitrogens with one attached hydrogen (secondary N) is 3. The number of amides is 1. The maximum absolute atomic E-state index is 12.4. The van der Waals surface area contributed by atoms with Crippen molar-refractivity contribution < 1.29 is 4.79 Å². The van der Waals surface area contributed by atoms with Gasteiger partial charge in [0.15, 0.2) is 0 Å². The number of H-pyrrole nitrogens is 1. The van der Waals surface area contributed by atoms with Crippen LogP contribution in [0, 0.1) is 5.41 Å². The van der Waals surface area contributed by atoms with E-state index >= 15 is 0 Å². The van der Waals surface area contributed by atoms with E-state index in [-0.39, 0.29) is 11.3 Å². The van der Waals surface area contributed by atoms with E-state index in [4.69, 9.17) is 0 Å². The molecule has 0 spiro atoms. The normalized spacial score (nSPS) is 18.4. The number of anilines is 1. The summed E-state index contributed by atoms with van der Waals surface area (Å²) in [7, 11) is 0. The van der Waals surface area contributed by atoms with Crippen LogP contribution >= 0.6 is 0 Å². The third-order valence-electron chi connectivity index (χ3n) is 3.88. The van der Waals surface area contributed by atoms with Crippen LogP contribution in [0.3, 0.4) is 0 Å². The van der Waals surface area contributed by atoms with Gasteiger partial charge < -0.3 is 10.3 Å². The Hall–Kier alpha value is -1.88. The van der Waals surface area contributed by atoms with Crippen LogP contribution in [-0.4, -0.2) is 29.0 Å². The second-order valence-electron chi connectivity index (χ2n) is 5.37. The molecule has 1 aromatic carbocycles. The summed E-state index contributed by atoms with van der Waals surface area (Å²) in [5.41, 5.74) is 1.51. The SMILES string of the molecule is CC1(C(=O)Nc2nc3ccccc3[nH]2)CCNCC1. The van der Waals surface area contributed by atoms with Gasteiger partial charge in [0.25, 0.3) is 0 Å². The van der Waals surface area contributed by atoms with Gasteiger partial charge in [-0.3, -0.25) is 10.1 Å². The van der Waals surface area contributed by atoms with Crippen molar-refractivity contribution >= 4 is 22.9 Å². The number of hydrogen-bond acceptors (Lipinski definition) is 3. The summed E-state index contributed by atoms with van der Waals surface area (Å²) in [6.07, 6.45) is 1.72. The molecule has 0 unspecified atom stereocenters. The first-order chi connectivity index (χ1) is 9.17. The maximum atomic E-state index is 12.4. The zero-order valence-electron chi connectivity index (χ0n) is 11.0. The Balaban J connectivity index is 1.78. The third-order valence-corrected chi connectivity index (χ3v) is 3.88. The predicted octanol–water partition coefficient (Wildman–Crippen LogP) is 1.89. The molecule has 19 heavy (non-hydrogen) atoms. The Morgan fingerprint density at radius 1 is 1.32 bits per heavy atom. The van der Waals surface area contributed by atoms with Crippen LogP contribution in [-0.2, 0) is 4.79 Å². The van der Waals surface area contributed by atoms with Crippen molar-refractivity contribution in [3.63, 3.8) is 0 Å². The highest BCUT2D eigenvalue weighted by atomic mass is 16.2. The number of aromatic nitrogens is 2. The van der Waals surface area contributed by atoms with E-state index in [2.05, 4.69) is 20.6 Å². The maximum Gasteiger partial charge on any atom is 0.232 e. The second kappa shape index (κ2) is 4.66. The quantitative estimate of drug-likeness (QED) is 0.770. The van der Waals surface area contributed by atoms with Gasteiger partial charge in [0.05, 0.1) is 11.0 Å². The fourth-order valence-corrected chi connectivity index (χ4v) is 2.48. The summed E-state index contributed by atoms with van der Waals surface area (Å²) in [5.74, 6) is 0.582. The highest BCUT2D eigenvalue weighted by molar-refractivity contribution is 5.95. The minimum absolute atomic E-state index is 0.0491. The molecule has 1 fully saturated rings. The van der Waals surface area contributed by atoms with Gasteiger partial charge in [-0.05, 0) is 38.1 Å². The molecule has 1 aliphatic heterocycles. The lowest BCUT2D eigenvalue weighted by Gasteiger charge is -2.32. The van der Waals surface area contributed by atoms with Crippen molar-refractivity contribution in [2.24, 2.45) is 5.41 Å². The molecule has 3 N–H and O–H groups in total. The van der Waals surface area contributed by atoms with Gasteiger partial charge in [0.2, 0.25) is 11.9 Å². The smallest absolute Gasteiger partial charge is 0.232 e. The Morgan fingerprint density at radius 2 is 2.05 bits per heavy atom. The van der Waals surface area contributed by atoms with E-state index in [9.17, 15) is 4.79 Å². The summed E-state index contributed by atoms with van der Waals surface area (Å²) < 4.78 is 0. The first kappa shape index (κ1) is 12.2. The van der Waals surface area contributed by atoms with Gasteiger partial charge in [-0.15, -0.1) is 0 Å². The predicted molar refractivity (Wildman–Crippen MR) is 74.9 cm³/mol. The Labute approximate surface area is 111 Å². The number of carbonyl (C=O) groups is 1. The van der Waals surface area contributed by atoms with E-state index in [1.165, 1.54) is 0 Å². The van der Waals surface area contributed by atoms with Crippen molar-refractivity contribution in [1.29, 1.82) is 0 Å². The van der Waals surface area contributed by atoms with Crippen LogP contribution in [0.2, 0.25) is 0 Å². The molecule has 1 saturated heterocycles. The topological polar surface area (TPSA) is 69.8 Å². The fourth-order valence-electron chi connectivity index (χ4n) is 2.48. The molecule has 0 radical (unpaired) electrons. The number of nitrogens with zero attached hydrogens (tertiary/aromatic N) is 1. The monoisotopic (exact) mass is 258 g/mol. The summed E-state index contributed by atoms with van der Waals surface area (Å²) in [6, 6.07) is 7.75. The van der Waals surface area contributed by atoms with Gasteiger partial charge in [-0.1, -0.05) is 19.1 Å². The molecule has 2 aromatic rings. The van der Waals surface area contributed by atoms with Gasteiger partial charge in [-0.25, -0.2) is 4.98 Å². The summed E-state index contributed by atoms with van der Waals surface area (Å²) in [4.78, 5) is 19.9. The standard InChI is InChI=1S/C14H18N4O/c1-14(6-8-15-9-7-14)12(19)18-13-16-10-4-2-3-5-11(10)17-13/h2-5,15H,6-9H2,1H3,(H2,16,17,18,19). The van der Waals surface area contributed by atoms with Crippen LogP contribution < -0.4 is 10.6 Å². The molecule has 3 rings (SSSR count). The van der Waals surface area contributed by atoms with Gasteiger partial charge in [-0.2, -0.15) is 0 Å². The molecule has 2 heterocycles. The van der Waals surface area contributed by atoms with Crippen LogP contribution in [0.25, 0.3) is 11.0 Å². The Bertz CT molecular complexity index is 565. The molecule has 0 aliphatic carbocycles. The van der Waals surface area contributed by atoms with Gasteiger partial charge >= 0.3 is 0 Å². The largest absolute Gasteiger partial charge is 0.324 e. The van der Waals surface area contributed by atoms with Crippen molar-refractivity contribution in [3.8, 4) is 0 Å². The van der Waals surface area contributed by atoms with Crippen LogP contribution in [0.4, 0.5) is 5.95 Å². The summed E-state index contributed by atoms with van der Waals surface area (Å²) in [6.45, 7) is 3.81. The van der Waals surface area contributed by atoms with Crippen molar-refractivity contribution in [3.05, 3.63) is 24.3 Å².